The Hall–Kier alpha value is -4.17. The number of ketones is 1. The third-order valence-electron chi connectivity index (χ3n) is 8.76. The number of H-pyrrole nitrogens is 1. The van der Waals surface area contributed by atoms with E-state index in [0.717, 1.165) is 47.9 Å². The smallest absolute Gasteiger partial charge is 0.176 e. The summed E-state index contributed by atoms with van der Waals surface area (Å²) in [5.41, 5.74) is 3.82. The number of phenols is 2. The number of phenolic OH excluding ortho intramolecular Hbond substituents is 2. The Morgan fingerprint density at radius 2 is 1.66 bits per heavy atom. The van der Waals surface area contributed by atoms with E-state index in [-0.39, 0.29) is 41.6 Å². The Kier molecular flexibility index (Phi) is 10.7. The van der Waals surface area contributed by atoms with E-state index in [1.165, 1.54) is 13.5 Å². The zero-order chi connectivity index (χ0) is 30.9. The summed E-state index contributed by atoms with van der Waals surface area (Å²) in [5.74, 6) is 0.342. The van der Waals surface area contributed by atoms with Crippen molar-refractivity contribution in [3.8, 4) is 23.0 Å². The average molecular weight is 600 g/mol. The van der Waals surface area contributed by atoms with Gasteiger partial charge in [-0.3, -0.25) is 4.79 Å². The zero-order valence-corrected chi connectivity index (χ0v) is 25.3. The minimum Gasteiger partial charge on any atom is -0.504 e. The van der Waals surface area contributed by atoms with Gasteiger partial charge in [-0.1, -0.05) is 18.6 Å². The topological polar surface area (TPSA) is 124 Å². The van der Waals surface area contributed by atoms with Crippen molar-refractivity contribution in [1.82, 2.24) is 4.98 Å². The molecule has 0 bridgehead atoms. The highest BCUT2D eigenvalue weighted by Gasteiger charge is 2.30. The summed E-state index contributed by atoms with van der Waals surface area (Å²) >= 11 is 0. The summed E-state index contributed by atoms with van der Waals surface area (Å²) < 4.78 is 11.5. The molecule has 4 N–H and O–H groups in total. The molecule has 0 saturated heterocycles. The third-order valence-corrected chi connectivity index (χ3v) is 8.76. The van der Waals surface area contributed by atoms with Crippen LogP contribution in [0.1, 0.15) is 61.6 Å². The van der Waals surface area contributed by atoms with Crippen LogP contribution in [0, 0.1) is 18.4 Å². The maximum Gasteiger partial charge on any atom is 0.176 e. The molecule has 1 saturated carbocycles. The molecule has 0 unspecified atom stereocenters. The van der Waals surface area contributed by atoms with Crippen LogP contribution in [0.15, 0.2) is 71.5 Å². The number of aliphatic hydroxyl groups excluding tert-OH is 1. The number of Topliss-reactive ketones (excluding diaryl/α,β-unsaturated/α-hetero) is 1. The number of carbonyl (C=O) groups excluding carboxylic acids is 1. The molecule has 2 heterocycles. The molecule has 1 aliphatic heterocycles. The van der Waals surface area contributed by atoms with Crippen molar-refractivity contribution >= 4 is 12.0 Å². The highest BCUT2D eigenvalue weighted by atomic mass is 16.5. The van der Waals surface area contributed by atoms with Gasteiger partial charge < -0.3 is 29.8 Å². The van der Waals surface area contributed by atoms with Crippen molar-refractivity contribution in [2.75, 3.05) is 7.11 Å². The molecule has 0 amide bonds. The first-order chi connectivity index (χ1) is 21.4. The lowest BCUT2D eigenvalue weighted by Gasteiger charge is -2.26. The first-order valence-corrected chi connectivity index (χ1v) is 15.6. The van der Waals surface area contributed by atoms with Crippen molar-refractivity contribution in [3.05, 3.63) is 89.7 Å². The van der Waals surface area contributed by atoms with Crippen LogP contribution in [0.25, 0.3) is 0 Å². The van der Waals surface area contributed by atoms with Crippen molar-refractivity contribution in [2.24, 2.45) is 16.8 Å². The second-order valence-electron chi connectivity index (χ2n) is 12.1. The molecule has 5 rings (SSSR count). The lowest BCUT2D eigenvalue weighted by atomic mass is 9.82. The summed E-state index contributed by atoms with van der Waals surface area (Å²) in [6.07, 6.45) is 14.2. The predicted molar refractivity (Wildman–Crippen MR) is 170 cm³/mol. The van der Waals surface area contributed by atoms with Crippen LogP contribution in [0.2, 0.25) is 0 Å². The normalized spacial score (nSPS) is 17.0. The maximum absolute atomic E-state index is 13.9. The number of nitrogens with zero attached hydrogens (tertiary/aromatic N) is 1. The second kappa shape index (κ2) is 15.0. The van der Waals surface area contributed by atoms with Gasteiger partial charge in [0.1, 0.15) is 17.9 Å². The number of methoxy groups -OCH3 is 1. The minimum atomic E-state index is -0.886. The second-order valence-corrected chi connectivity index (χ2v) is 12.1. The van der Waals surface area contributed by atoms with Gasteiger partial charge in [-0.25, -0.2) is 0 Å². The first kappa shape index (κ1) is 31.3. The minimum absolute atomic E-state index is 0.00657. The molecule has 8 nitrogen and oxygen atoms in total. The average Bonchev–Trinajstić information content (AvgIpc) is 3.74. The van der Waals surface area contributed by atoms with Crippen LogP contribution in [0.4, 0.5) is 0 Å². The van der Waals surface area contributed by atoms with Gasteiger partial charge in [0.25, 0.3) is 0 Å². The third kappa shape index (κ3) is 8.47. The molecule has 2 aromatic carbocycles. The van der Waals surface area contributed by atoms with Gasteiger partial charge in [-0.15, -0.1) is 4.99 Å². The summed E-state index contributed by atoms with van der Waals surface area (Å²) in [4.78, 5) is 21.1. The molecule has 44 heavy (non-hydrogen) atoms. The van der Waals surface area contributed by atoms with E-state index in [1.807, 2.05) is 36.7 Å². The van der Waals surface area contributed by atoms with E-state index >= 15 is 0 Å². The number of aromatic nitrogens is 1. The maximum atomic E-state index is 13.9. The molecule has 0 radical (unpaired) electrons. The number of rotatable bonds is 15. The monoisotopic (exact) mass is 599 g/mol. The SMILES string of the molecule is COc1cc(C[C@@H](CC2=C[CH+]N=C2)C(=O)C[C@@H](O)[C@H](Cc2cc[nH]c2)Cc2ccc(O)c(OC3CCCCC3)c2)ccc1O. The quantitative estimate of drug-likeness (QED) is 0.152. The van der Waals surface area contributed by atoms with E-state index < -0.39 is 6.10 Å². The fourth-order valence-electron chi connectivity index (χ4n) is 6.28. The van der Waals surface area contributed by atoms with Crippen LogP contribution < -0.4 is 9.47 Å². The number of aromatic amines is 1. The lowest BCUT2D eigenvalue weighted by Crippen LogP contribution is -2.30. The summed E-state index contributed by atoms with van der Waals surface area (Å²) in [6, 6.07) is 12.5. The Labute approximate surface area is 259 Å². The molecule has 1 aromatic heterocycles. The highest BCUT2D eigenvalue weighted by Crippen LogP contribution is 2.34. The van der Waals surface area contributed by atoms with Gasteiger partial charge >= 0.3 is 0 Å². The van der Waals surface area contributed by atoms with E-state index in [0.29, 0.717) is 37.2 Å². The number of aliphatic imine (C=N–C) groups is 1. The molecular formula is C36H43N2O6+. The predicted octanol–water partition coefficient (Wildman–Crippen LogP) is 6.29. The fourth-order valence-corrected chi connectivity index (χ4v) is 6.28. The molecule has 0 spiro atoms. The van der Waals surface area contributed by atoms with Crippen molar-refractivity contribution in [2.45, 2.75) is 76.4 Å². The van der Waals surface area contributed by atoms with Crippen LogP contribution in [-0.4, -0.2) is 51.6 Å². The fraction of sp³-hybridized carbons (Fsp3) is 0.417. The standard InChI is InChI=1S/C36H42N2O6/c1-43-35-19-24(7-9-31(35)39)15-28(17-26-11-13-37-22-26)33(41)21-34(42)29(18-27-12-14-38-23-27)16-25-8-10-32(40)36(20-25)44-30-5-3-2-4-6-30/h7-14,19-20,22-23,28-30,34,38,42H,2-6,15-18,21H2,1H3,(H-,39,40)/p+1/t28-,29-,34+/m0/s1. The van der Waals surface area contributed by atoms with E-state index in [2.05, 4.69) is 9.98 Å². The summed E-state index contributed by atoms with van der Waals surface area (Å²) in [7, 11) is 1.50. The molecular weight excluding hydrogens is 556 g/mol. The number of aliphatic hydroxyl groups is 1. The van der Waals surface area contributed by atoms with Gasteiger partial charge in [-0.2, -0.15) is 0 Å². The number of allylic oxidation sites excluding steroid dienone is 1. The van der Waals surface area contributed by atoms with Crippen molar-refractivity contribution in [1.29, 1.82) is 0 Å². The van der Waals surface area contributed by atoms with E-state index in [4.69, 9.17) is 9.47 Å². The lowest BCUT2D eigenvalue weighted by molar-refractivity contribution is -0.125. The molecule has 232 valence electrons. The number of hydrogen-bond donors (Lipinski definition) is 4. The summed E-state index contributed by atoms with van der Waals surface area (Å²) in [5, 5.41) is 32.2. The molecule has 1 aliphatic carbocycles. The van der Waals surface area contributed by atoms with E-state index in [9.17, 15) is 20.1 Å². The number of hydrogen-bond acceptors (Lipinski definition) is 7. The molecule has 1 fully saturated rings. The highest BCUT2D eigenvalue weighted by molar-refractivity contribution is 5.86. The van der Waals surface area contributed by atoms with Crippen LogP contribution in [-0.2, 0) is 24.1 Å². The van der Waals surface area contributed by atoms with Crippen molar-refractivity contribution in [3.63, 3.8) is 0 Å². The Morgan fingerprint density at radius 1 is 0.955 bits per heavy atom. The Bertz CT molecular complexity index is 1440. The van der Waals surface area contributed by atoms with Gasteiger partial charge in [0, 0.05) is 31.2 Å². The van der Waals surface area contributed by atoms with Crippen LogP contribution >= 0.6 is 0 Å². The molecule has 3 aromatic rings. The van der Waals surface area contributed by atoms with Gasteiger partial charge in [-0.05, 0) is 97.9 Å². The van der Waals surface area contributed by atoms with Gasteiger partial charge in [0.2, 0.25) is 0 Å². The molecule has 3 atom stereocenters. The van der Waals surface area contributed by atoms with Gasteiger partial charge in [0.05, 0.1) is 25.4 Å². The first-order valence-electron chi connectivity index (χ1n) is 15.6. The van der Waals surface area contributed by atoms with Crippen LogP contribution in [0.3, 0.4) is 0 Å². The Balaban J connectivity index is 1.32. The number of ether oxygens (including phenoxy) is 2. The molecule has 8 heteroatoms. The molecule has 2 aliphatic rings. The number of carbonyl (C=O) groups is 1. The number of aromatic hydroxyl groups is 2. The van der Waals surface area contributed by atoms with E-state index in [1.54, 1.807) is 37.0 Å². The number of nitrogens with one attached hydrogen (secondary N) is 1. The Morgan fingerprint density at radius 3 is 2.34 bits per heavy atom. The van der Waals surface area contributed by atoms with Crippen LogP contribution in [0.5, 0.6) is 23.0 Å². The summed E-state index contributed by atoms with van der Waals surface area (Å²) in [6.45, 7) is 1.71. The number of benzene rings is 2. The van der Waals surface area contributed by atoms with Gasteiger partial charge in [0.15, 0.2) is 29.2 Å². The van der Waals surface area contributed by atoms with Crippen molar-refractivity contribution < 1.29 is 29.6 Å². The zero-order valence-electron chi connectivity index (χ0n) is 25.3. The largest absolute Gasteiger partial charge is 0.504 e.